The molecule has 1 aliphatic carbocycles. The highest BCUT2D eigenvalue weighted by Gasteiger charge is 2.32. The van der Waals surface area contributed by atoms with E-state index in [0.717, 1.165) is 42.3 Å². The number of benzene rings is 2. The minimum atomic E-state index is -4.42. The Morgan fingerprint density at radius 3 is 2.31 bits per heavy atom. The summed E-state index contributed by atoms with van der Waals surface area (Å²) in [7, 11) is -2.69. The summed E-state index contributed by atoms with van der Waals surface area (Å²) < 4.78 is 68.4. The van der Waals surface area contributed by atoms with Gasteiger partial charge in [0.2, 0.25) is 10.0 Å². The normalized spacial score (nSPS) is 14.4. The van der Waals surface area contributed by atoms with Crippen LogP contribution in [0.4, 0.5) is 13.2 Å². The third kappa shape index (κ3) is 4.74. The fourth-order valence-corrected chi connectivity index (χ4v) is 4.94. The Hall–Kier alpha value is -2.63. The molecular formula is C21H18F3N3O3S2. The molecule has 2 aromatic carbocycles. The maximum Gasteiger partial charge on any atom is 0.416 e. The fraction of sp³-hybridized carbons (Fsp3) is 0.238. The number of nitrogens with two attached hydrogens (primary N) is 1. The smallest absolute Gasteiger partial charge is 0.416 e. The fourth-order valence-electron chi connectivity index (χ4n) is 3.31. The van der Waals surface area contributed by atoms with E-state index in [1.54, 1.807) is 0 Å². The lowest BCUT2D eigenvalue weighted by atomic mass is 10.0. The van der Waals surface area contributed by atoms with Gasteiger partial charge in [0.1, 0.15) is 21.4 Å². The summed E-state index contributed by atoms with van der Waals surface area (Å²) in [6, 6.07) is 7.90. The van der Waals surface area contributed by atoms with Crippen LogP contribution in [0.25, 0.3) is 11.3 Å². The molecule has 0 saturated heterocycles. The van der Waals surface area contributed by atoms with E-state index in [9.17, 15) is 21.6 Å². The third-order valence-electron chi connectivity index (χ3n) is 4.95. The lowest BCUT2D eigenvalue weighted by Gasteiger charge is -2.15. The number of hydrogen-bond donors (Lipinski definition) is 1. The highest BCUT2D eigenvalue weighted by Crippen LogP contribution is 2.48. The van der Waals surface area contributed by atoms with Crippen LogP contribution in [0, 0.1) is 0 Å². The molecule has 4 rings (SSSR count). The van der Waals surface area contributed by atoms with Gasteiger partial charge in [0.05, 0.1) is 12.7 Å². The molecule has 0 unspecified atom stereocenters. The van der Waals surface area contributed by atoms with E-state index < -0.39 is 21.8 Å². The number of methoxy groups -OCH3 is 1. The molecule has 6 nitrogen and oxygen atoms in total. The van der Waals surface area contributed by atoms with Gasteiger partial charge in [0.25, 0.3) is 0 Å². The molecule has 1 fully saturated rings. The van der Waals surface area contributed by atoms with Crippen molar-refractivity contribution < 1.29 is 26.3 Å². The van der Waals surface area contributed by atoms with Crippen LogP contribution in [0.15, 0.2) is 63.6 Å². The zero-order valence-electron chi connectivity index (χ0n) is 16.8. The van der Waals surface area contributed by atoms with Crippen molar-refractivity contribution in [2.24, 2.45) is 5.14 Å². The van der Waals surface area contributed by atoms with Crippen LogP contribution in [0.5, 0.6) is 5.75 Å². The quantitative estimate of drug-likeness (QED) is 0.541. The van der Waals surface area contributed by atoms with E-state index in [4.69, 9.17) is 9.88 Å². The molecule has 0 bridgehead atoms. The van der Waals surface area contributed by atoms with E-state index in [1.165, 1.54) is 37.7 Å². The summed E-state index contributed by atoms with van der Waals surface area (Å²) in [5, 5.41) is 5.86. The Labute approximate surface area is 187 Å². The van der Waals surface area contributed by atoms with Gasteiger partial charge >= 0.3 is 6.18 Å². The number of aromatic nitrogens is 2. The van der Waals surface area contributed by atoms with Gasteiger partial charge in [-0.15, -0.1) is 0 Å². The minimum Gasteiger partial charge on any atom is -0.495 e. The van der Waals surface area contributed by atoms with E-state index in [2.05, 4.69) is 9.97 Å². The summed E-state index contributed by atoms with van der Waals surface area (Å²) in [6.07, 6.45) is 0.300. The van der Waals surface area contributed by atoms with Gasteiger partial charge in [-0.2, -0.15) is 13.2 Å². The topological polar surface area (TPSA) is 95.2 Å². The molecule has 11 heteroatoms. The Morgan fingerprint density at radius 1 is 1.09 bits per heavy atom. The van der Waals surface area contributed by atoms with E-state index in [0.29, 0.717) is 21.2 Å². The highest BCUT2D eigenvalue weighted by atomic mass is 32.2. The maximum absolute atomic E-state index is 12.8. The van der Waals surface area contributed by atoms with E-state index in [-0.39, 0.29) is 16.6 Å². The molecule has 0 spiro atoms. The molecule has 1 heterocycles. The second-order valence-corrected chi connectivity index (χ2v) is 9.84. The van der Waals surface area contributed by atoms with E-state index in [1.807, 2.05) is 6.07 Å². The predicted molar refractivity (Wildman–Crippen MR) is 113 cm³/mol. The van der Waals surface area contributed by atoms with Crippen LogP contribution >= 0.6 is 11.8 Å². The molecule has 32 heavy (non-hydrogen) atoms. The summed E-state index contributed by atoms with van der Waals surface area (Å²) in [4.78, 5) is 9.06. The zero-order chi connectivity index (χ0) is 23.1. The minimum absolute atomic E-state index is 0.143. The van der Waals surface area contributed by atoms with Crippen molar-refractivity contribution in [3.05, 3.63) is 59.9 Å². The summed E-state index contributed by atoms with van der Waals surface area (Å²) in [5.74, 6) is 0.382. The number of alkyl halides is 3. The second-order valence-electron chi connectivity index (χ2n) is 7.25. The molecular weight excluding hydrogens is 463 g/mol. The molecule has 3 aromatic rings. The van der Waals surface area contributed by atoms with Gasteiger partial charge in [0, 0.05) is 22.9 Å². The molecule has 168 valence electrons. The van der Waals surface area contributed by atoms with Crippen molar-refractivity contribution in [1.82, 2.24) is 9.97 Å². The lowest BCUT2D eigenvalue weighted by Crippen LogP contribution is -2.14. The Bertz CT molecular complexity index is 1260. The maximum atomic E-state index is 12.8. The van der Waals surface area contributed by atoms with Crippen molar-refractivity contribution >= 4 is 21.8 Å². The Kier molecular flexibility index (Phi) is 5.91. The SMILES string of the molecule is COc1c(C2CC2)cc(-c2nccnc2Sc2ccc(C(F)(F)F)cc2)cc1S(N)(=O)=O. The number of ether oxygens (including phenoxy) is 1. The standard InChI is InChI=1S/C21H18F3N3O3S2/c1-30-19-16(12-2-3-12)10-13(11-17(19)32(25,28)29)18-20(27-9-8-26-18)31-15-6-4-14(5-7-15)21(22,23)24/h4-12H,2-3H2,1H3,(H2,25,28,29). The average Bonchev–Trinajstić information content (AvgIpc) is 3.57. The summed E-state index contributed by atoms with van der Waals surface area (Å²) >= 11 is 1.13. The van der Waals surface area contributed by atoms with Gasteiger partial charge in [-0.3, -0.25) is 4.98 Å². The number of nitrogens with zero attached hydrogens (tertiary/aromatic N) is 2. The first-order valence-electron chi connectivity index (χ1n) is 9.49. The lowest BCUT2D eigenvalue weighted by molar-refractivity contribution is -0.137. The van der Waals surface area contributed by atoms with E-state index >= 15 is 0 Å². The van der Waals surface area contributed by atoms with Crippen molar-refractivity contribution in [2.45, 2.75) is 39.8 Å². The molecule has 1 aliphatic rings. The third-order valence-corrected chi connectivity index (χ3v) is 6.86. The van der Waals surface area contributed by atoms with Crippen molar-refractivity contribution in [2.75, 3.05) is 7.11 Å². The number of rotatable bonds is 6. The van der Waals surface area contributed by atoms with Gasteiger partial charge in [-0.1, -0.05) is 11.8 Å². The molecule has 0 atom stereocenters. The Balaban J connectivity index is 1.78. The van der Waals surface area contributed by atoms with Crippen LogP contribution < -0.4 is 9.88 Å². The average molecular weight is 482 g/mol. The van der Waals surface area contributed by atoms with Crippen molar-refractivity contribution in [3.63, 3.8) is 0 Å². The van der Waals surface area contributed by atoms with Gasteiger partial charge in [-0.25, -0.2) is 18.5 Å². The molecule has 0 amide bonds. The monoisotopic (exact) mass is 481 g/mol. The molecule has 1 saturated carbocycles. The van der Waals surface area contributed by atoms with Gasteiger partial charge < -0.3 is 4.74 Å². The van der Waals surface area contributed by atoms with Crippen LogP contribution in [0.1, 0.15) is 29.9 Å². The largest absolute Gasteiger partial charge is 0.495 e. The highest BCUT2D eigenvalue weighted by molar-refractivity contribution is 7.99. The molecule has 0 radical (unpaired) electrons. The molecule has 0 aliphatic heterocycles. The number of sulfonamides is 1. The zero-order valence-corrected chi connectivity index (χ0v) is 18.4. The number of primary sulfonamides is 1. The molecule has 2 N–H and O–H groups in total. The first-order valence-corrected chi connectivity index (χ1v) is 11.9. The molecule has 1 aromatic heterocycles. The van der Waals surface area contributed by atoms with Gasteiger partial charge in [0.15, 0.2) is 0 Å². The number of hydrogen-bond acceptors (Lipinski definition) is 6. The Morgan fingerprint density at radius 2 is 1.75 bits per heavy atom. The first-order chi connectivity index (χ1) is 15.1. The van der Waals surface area contributed by atoms with Crippen molar-refractivity contribution in [3.8, 4) is 17.0 Å². The first kappa shape index (κ1) is 22.6. The number of halogens is 3. The summed E-state index contributed by atoms with van der Waals surface area (Å²) in [5.41, 5.74) is 0.861. The van der Waals surface area contributed by atoms with Gasteiger partial charge in [-0.05, 0) is 60.7 Å². The predicted octanol–water partition coefficient (Wildman–Crippen LogP) is 4.85. The van der Waals surface area contributed by atoms with Crippen LogP contribution in [0.3, 0.4) is 0 Å². The van der Waals surface area contributed by atoms with Crippen LogP contribution in [0.2, 0.25) is 0 Å². The second kappa shape index (κ2) is 8.38. The summed E-state index contributed by atoms with van der Waals surface area (Å²) in [6.45, 7) is 0. The van der Waals surface area contributed by atoms with Crippen LogP contribution in [-0.2, 0) is 16.2 Å². The van der Waals surface area contributed by atoms with Crippen molar-refractivity contribution in [1.29, 1.82) is 0 Å². The van der Waals surface area contributed by atoms with Crippen LogP contribution in [-0.4, -0.2) is 25.5 Å².